The summed E-state index contributed by atoms with van der Waals surface area (Å²) in [6.07, 6.45) is 10.6. The van der Waals surface area contributed by atoms with E-state index >= 15 is 0 Å². The Balaban J connectivity index is 1.43. The van der Waals surface area contributed by atoms with E-state index in [0.717, 1.165) is 31.4 Å². The van der Waals surface area contributed by atoms with Crippen molar-refractivity contribution in [1.29, 1.82) is 0 Å². The summed E-state index contributed by atoms with van der Waals surface area (Å²) in [6, 6.07) is 20.9. The smallest absolute Gasteiger partial charge is 0.343 e. The lowest BCUT2D eigenvalue weighted by atomic mass is 10.1. The van der Waals surface area contributed by atoms with Crippen LogP contribution in [0.1, 0.15) is 91.5 Å². The van der Waals surface area contributed by atoms with E-state index in [-0.39, 0.29) is 0 Å². The van der Waals surface area contributed by atoms with Gasteiger partial charge in [-0.15, -0.1) is 0 Å². The maximum Gasteiger partial charge on any atom is 0.343 e. The van der Waals surface area contributed by atoms with E-state index in [1.54, 1.807) is 60.7 Å². The largest absolute Gasteiger partial charge is 0.494 e. The molecule has 0 unspecified atom stereocenters. The molecule has 5 nitrogen and oxygen atoms in total. The highest BCUT2D eigenvalue weighted by Crippen LogP contribution is 2.21. The zero-order valence-electron chi connectivity index (χ0n) is 22.0. The van der Waals surface area contributed by atoms with Crippen molar-refractivity contribution in [3.8, 4) is 17.2 Å². The van der Waals surface area contributed by atoms with Crippen LogP contribution < -0.4 is 14.2 Å². The second-order valence-electron chi connectivity index (χ2n) is 9.19. The van der Waals surface area contributed by atoms with Gasteiger partial charge in [0.1, 0.15) is 17.2 Å². The number of hydrogen-bond acceptors (Lipinski definition) is 5. The van der Waals surface area contributed by atoms with E-state index in [9.17, 15) is 9.59 Å². The fourth-order valence-electron chi connectivity index (χ4n) is 3.86. The van der Waals surface area contributed by atoms with Crippen molar-refractivity contribution in [3.05, 3.63) is 89.5 Å². The fourth-order valence-corrected chi connectivity index (χ4v) is 3.86. The molecule has 0 N–H and O–H groups in total. The summed E-state index contributed by atoms with van der Waals surface area (Å²) in [5.41, 5.74) is 2.06. The zero-order valence-corrected chi connectivity index (χ0v) is 22.0. The minimum Gasteiger partial charge on any atom is -0.494 e. The molecule has 0 bridgehead atoms. The molecule has 3 aromatic rings. The normalized spacial score (nSPS) is 10.6. The molecule has 3 aromatic carbocycles. The molecule has 0 spiro atoms. The number of esters is 2. The predicted octanol–water partition coefficient (Wildman–Crippen LogP) is 8.21. The van der Waals surface area contributed by atoms with E-state index in [0.29, 0.717) is 29.2 Å². The Hall–Kier alpha value is -3.60. The lowest BCUT2D eigenvalue weighted by molar-refractivity contribution is 0.0730. The van der Waals surface area contributed by atoms with Gasteiger partial charge in [0.05, 0.1) is 17.7 Å². The van der Waals surface area contributed by atoms with Crippen molar-refractivity contribution in [3.63, 3.8) is 0 Å². The number of rotatable bonds is 15. The number of carbonyl (C=O) groups is 2. The van der Waals surface area contributed by atoms with Gasteiger partial charge in [0.15, 0.2) is 0 Å². The molecular weight excluding hydrogens is 464 g/mol. The Kier molecular flexibility index (Phi) is 11.7. The summed E-state index contributed by atoms with van der Waals surface area (Å²) in [6.45, 7) is 5.06. The molecule has 0 aliphatic carbocycles. The first kappa shape index (κ1) is 28.0. The molecule has 0 saturated carbocycles. The van der Waals surface area contributed by atoms with Crippen LogP contribution in [-0.4, -0.2) is 18.5 Å². The third-order valence-electron chi connectivity index (χ3n) is 6.11. The molecule has 0 saturated heterocycles. The predicted molar refractivity (Wildman–Crippen MR) is 147 cm³/mol. The van der Waals surface area contributed by atoms with Gasteiger partial charge in [0.25, 0.3) is 0 Å². The molecule has 0 fully saturated rings. The minimum atomic E-state index is -0.485. The highest BCUT2D eigenvalue weighted by Gasteiger charge is 2.12. The van der Waals surface area contributed by atoms with Gasteiger partial charge < -0.3 is 14.2 Å². The number of carbonyl (C=O) groups excluding carboxylic acids is 2. The Labute approximate surface area is 220 Å². The second kappa shape index (κ2) is 15.5. The average Bonchev–Trinajstić information content (AvgIpc) is 2.93. The number of unbranched alkanes of at least 4 members (excludes halogenated alkanes) is 6. The molecule has 37 heavy (non-hydrogen) atoms. The minimum absolute atomic E-state index is 0.364. The molecule has 0 atom stereocenters. The van der Waals surface area contributed by atoms with Gasteiger partial charge in [-0.25, -0.2) is 9.59 Å². The van der Waals surface area contributed by atoms with Crippen LogP contribution in [0.4, 0.5) is 0 Å². The van der Waals surface area contributed by atoms with Crippen LogP contribution in [0.15, 0.2) is 72.8 Å². The van der Waals surface area contributed by atoms with Crippen LogP contribution in [-0.2, 0) is 6.42 Å². The van der Waals surface area contributed by atoms with Crippen LogP contribution in [0.5, 0.6) is 17.2 Å². The zero-order chi connectivity index (χ0) is 26.3. The highest BCUT2D eigenvalue weighted by molar-refractivity contribution is 5.92. The van der Waals surface area contributed by atoms with Crippen molar-refractivity contribution in [2.75, 3.05) is 6.61 Å². The fraction of sp³-hybridized carbons (Fsp3) is 0.375. The summed E-state index contributed by atoms with van der Waals surface area (Å²) >= 11 is 0. The average molecular weight is 503 g/mol. The molecule has 3 rings (SSSR count). The molecule has 196 valence electrons. The Morgan fingerprint density at radius 1 is 0.541 bits per heavy atom. The summed E-state index contributed by atoms with van der Waals surface area (Å²) in [5.74, 6) is 0.644. The topological polar surface area (TPSA) is 61.8 Å². The van der Waals surface area contributed by atoms with E-state index < -0.39 is 11.9 Å². The van der Waals surface area contributed by atoms with E-state index in [1.807, 2.05) is 12.1 Å². The first-order chi connectivity index (χ1) is 18.1. The van der Waals surface area contributed by atoms with Crippen molar-refractivity contribution in [2.24, 2.45) is 0 Å². The molecule has 5 heteroatoms. The maximum absolute atomic E-state index is 12.5. The lowest BCUT2D eigenvalue weighted by Crippen LogP contribution is -2.10. The van der Waals surface area contributed by atoms with E-state index in [1.165, 1.54) is 37.7 Å². The van der Waals surface area contributed by atoms with Crippen LogP contribution >= 0.6 is 0 Å². The highest BCUT2D eigenvalue weighted by atomic mass is 16.5. The second-order valence-corrected chi connectivity index (χ2v) is 9.19. The Morgan fingerprint density at radius 2 is 1.00 bits per heavy atom. The SMILES string of the molecule is CCCCCCCCOc1ccc(OC(=O)c2ccc(OC(=O)c3ccc(CCCC)cc3)cc2)cc1. The van der Waals surface area contributed by atoms with Crippen LogP contribution in [0.2, 0.25) is 0 Å². The maximum atomic E-state index is 12.5. The van der Waals surface area contributed by atoms with Crippen molar-refractivity contribution >= 4 is 11.9 Å². The number of ether oxygens (including phenoxy) is 3. The van der Waals surface area contributed by atoms with Gasteiger partial charge >= 0.3 is 11.9 Å². The van der Waals surface area contributed by atoms with E-state index in [2.05, 4.69) is 13.8 Å². The van der Waals surface area contributed by atoms with Crippen LogP contribution in [0.3, 0.4) is 0 Å². The number of benzene rings is 3. The van der Waals surface area contributed by atoms with Crippen LogP contribution in [0.25, 0.3) is 0 Å². The molecule has 0 aromatic heterocycles. The van der Waals surface area contributed by atoms with Crippen molar-refractivity contribution < 1.29 is 23.8 Å². The van der Waals surface area contributed by atoms with Gasteiger partial charge in [0.2, 0.25) is 0 Å². The molecule has 0 radical (unpaired) electrons. The number of aryl methyl sites for hydroxylation is 1. The third-order valence-corrected chi connectivity index (χ3v) is 6.11. The van der Waals surface area contributed by atoms with Gasteiger partial charge in [0, 0.05) is 0 Å². The molecule has 0 aliphatic rings. The molecular formula is C32H38O5. The van der Waals surface area contributed by atoms with Gasteiger partial charge in [-0.2, -0.15) is 0 Å². The quantitative estimate of drug-likeness (QED) is 0.119. The van der Waals surface area contributed by atoms with Crippen LogP contribution in [0, 0.1) is 0 Å². The van der Waals surface area contributed by atoms with Gasteiger partial charge in [-0.1, -0.05) is 64.5 Å². The first-order valence-corrected chi connectivity index (χ1v) is 13.4. The summed E-state index contributed by atoms with van der Waals surface area (Å²) in [7, 11) is 0. The monoisotopic (exact) mass is 502 g/mol. The molecule has 0 amide bonds. The summed E-state index contributed by atoms with van der Waals surface area (Å²) in [4.78, 5) is 25.0. The van der Waals surface area contributed by atoms with Gasteiger partial charge in [-0.3, -0.25) is 0 Å². The molecule has 0 heterocycles. The lowest BCUT2D eigenvalue weighted by Gasteiger charge is -2.09. The van der Waals surface area contributed by atoms with E-state index in [4.69, 9.17) is 14.2 Å². The van der Waals surface area contributed by atoms with Gasteiger partial charge in [-0.05, 0) is 85.5 Å². The Morgan fingerprint density at radius 3 is 1.57 bits per heavy atom. The summed E-state index contributed by atoms with van der Waals surface area (Å²) < 4.78 is 16.7. The molecule has 0 aliphatic heterocycles. The first-order valence-electron chi connectivity index (χ1n) is 13.4. The standard InChI is InChI=1S/C32H38O5/c1-3-5-7-8-9-10-24-35-28-20-22-30(23-21-28)37-32(34)27-16-18-29(19-17-27)36-31(33)26-14-12-25(13-15-26)11-6-4-2/h12-23H,3-11,24H2,1-2H3. The van der Waals surface area contributed by atoms with Crippen molar-refractivity contribution in [2.45, 2.75) is 71.6 Å². The Bertz CT molecular complexity index is 1090. The summed E-state index contributed by atoms with van der Waals surface area (Å²) in [5, 5.41) is 0. The van der Waals surface area contributed by atoms with Crippen molar-refractivity contribution in [1.82, 2.24) is 0 Å². The third kappa shape index (κ3) is 9.76. The number of hydrogen-bond donors (Lipinski definition) is 0.